The number of fused-ring (bicyclic) bond motifs is 1. The molecule has 4 rings (SSSR count). The Kier molecular flexibility index (Phi) is 7.83. The molecule has 2 fully saturated rings. The summed E-state index contributed by atoms with van der Waals surface area (Å²) in [4.78, 5) is 51.3. The minimum Gasteiger partial charge on any atom is -0.469 e. The van der Waals surface area contributed by atoms with Crippen LogP contribution >= 0.6 is 0 Å². The van der Waals surface area contributed by atoms with Crippen LogP contribution in [-0.2, 0) is 33.4 Å². The van der Waals surface area contributed by atoms with Gasteiger partial charge in [0.1, 0.15) is 11.9 Å². The fourth-order valence-corrected chi connectivity index (χ4v) is 8.99. The van der Waals surface area contributed by atoms with Crippen LogP contribution in [0.2, 0.25) is 0 Å². The normalized spacial score (nSPS) is 39.1. The summed E-state index contributed by atoms with van der Waals surface area (Å²) in [7, 11) is 1.38. The van der Waals surface area contributed by atoms with Gasteiger partial charge in [0.15, 0.2) is 5.78 Å². The molecule has 0 aromatic carbocycles. The second-order valence-electron chi connectivity index (χ2n) is 13.2. The van der Waals surface area contributed by atoms with Gasteiger partial charge in [-0.2, -0.15) is 0 Å². The van der Waals surface area contributed by atoms with E-state index in [0.29, 0.717) is 45.1 Å². The van der Waals surface area contributed by atoms with E-state index in [0.717, 1.165) is 29.6 Å². The molecule has 1 saturated heterocycles. The number of ether oxygens (including phenoxy) is 3. The van der Waals surface area contributed by atoms with Crippen LogP contribution in [0, 0.1) is 28.1 Å². The largest absolute Gasteiger partial charge is 0.469 e. The van der Waals surface area contributed by atoms with Crippen LogP contribution in [0.25, 0.3) is 0 Å². The number of hydrogen-bond acceptors (Lipinski definition) is 7. The van der Waals surface area contributed by atoms with E-state index in [4.69, 9.17) is 14.2 Å². The van der Waals surface area contributed by atoms with E-state index in [1.807, 2.05) is 13.8 Å². The predicted octanol–water partition coefficient (Wildman–Crippen LogP) is 5.69. The second kappa shape index (κ2) is 10.3. The van der Waals surface area contributed by atoms with Gasteiger partial charge in [-0.1, -0.05) is 32.9 Å². The van der Waals surface area contributed by atoms with Crippen molar-refractivity contribution < 1.29 is 33.4 Å². The van der Waals surface area contributed by atoms with Gasteiger partial charge >= 0.3 is 11.9 Å². The molecule has 7 nitrogen and oxygen atoms in total. The van der Waals surface area contributed by atoms with Crippen molar-refractivity contribution in [3.63, 3.8) is 0 Å². The number of rotatable bonds is 9. The Bertz CT molecular complexity index is 1120. The summed E-state index contributed by atoms with van der Waals surface area (Å²) in [5, 5.41) is 0. The molecule has 4 aliphatic rings. The van der Waals surface area contributed by atoms with Crippen LogP contribution in [0.3, 0.4) is 0 Å². The molecule has 0 bridgehead atoms. The number of hydrogen-bond donors (Lipinski definition) is 0. The van der Waals surface area contributed by atoms with Crippen LogP contribution in [-0.4, -0.2) is 48.9 Å². The number of carbonyl (C=O) groups excluding carboxylic acids is 4. The Labute approximate surface area is 233 Å². The third-order valence-electron chi connectivity index (χ3n) is 11.1. The van der Waals surface area contributed by atoms with E-state index in [9.17, 15) is 19.2 Å². The number of ketones is 2. The lowest BCUT2D eigenvalue weighted by atomic mass is 9.46. The van der Waals surface area contributed by atoms with Crippen molar-refractivity contribution in [3.8, 4) is 0 Å². The molecule has 0 aromatic rings. The zero-order valence-electron chi connectivity index (χ0n) is 24.9. The van der Waals surface area contributed by atoms with Crippen LogP contribution in [0.1, 0.15) is 99.3 Å². The maximum absolute atomic E-state index is 14.4. The maximum atomic E-state index is 14.4. The maximum Gasteiger partial charge on any atom is 0.305 e. The van der Waals surface area contributed by atoms with Gasteiger partial charge < -0.3 is 14.2 Å². The van der Waals surface area contributed by atoms with E-state index in [1.54, 1.807) is 0 Å². The first-order valence-corrected chi connectivity index (χ1v) is 14.5. The summed E-state index contributed by atoms with van der Waals surface area (Å²) in [5.41, 5.74) is 0.596. The lowest BCUT2D eigenvalue weighted by Crippen LogP contribution is -2.56. The molecule has 3 aliphatic carbocycles. The molecule has 39 heavy (non-hydrogen) atoms. The standard InChI is InChI=1S/C32H46O7/c1-9-21(34)10-15-31(7)25-11-14-30(6)28-24(39-20(4)33)16-22(19(2)3)29(5,13-12-26(36)37-8)27(28)23(35)17-32(25,30)18-38-31/h22,24-25H,2,9-18H2,1,3-8H3/t22-,24-,25+,29-,30-,31-,32-/m0/s1. The topological polar surface area (TPSA) is 96.0 Å². The lowest BCUT2D eigenvalue weighted by Gasteiger charge is -2.57. The summed E-state index contributed by atoms with van der Waals surface area (Å²) in [6, 6.07) is 0. The lowest BCUT2D eigenvalue weighted by molar-refractivity contribution is -0.149. The van der Waals surface area contributed by atoms with Crippen molar-refractivity contribution in [2.24, 2.45) is 28.1 Å². The quantitative estimate of drug-likeness (QED) is 0.273. The van der Waals surface area contributed by atoms with Gasteiger partial charge in [0.2, 0.25) is 0 Å². The van der Waals surface area contributed by atoms with Crippen molar-refractivity contribution in [1.82, 2.24) is 0 Å². The monoisotopic (exact) mass is 542 g/mol. The highest BCUT2D eigenvalue weighted by Gasteiger charge is 2.72. The summed E-state index contributed by atoms with van der Waals surface area (Å²) in [5.74, 6) is -0.413. The molecular weight excluding hydrogens is 496 g/mol. The minimum absolute atomic E-state index is 0.0577. The highest BCUT2D eigenvalue weighted by Crippen LogP contribution is 2.73. The Morgan fingerprint density at radius 3 is 2.38 bits per heavy atom. The Hall–Kier alpha value is -2.28. The van der Waals surface area contributed by atoms with Gasteiger partial charge in [-0.05, 0) is 63.4 Å². The van der Waals surface area contributed by atoms with Gasteiger partial charge in [-0.3, -0.25) is 19.2 Å². The molecule has 0 amide bonds. The molecule has 1 saturated carbocycles. The molecule has 0 radical (unpaired) electrons. The first-order chi connectivity index (χ1) is 18.2. The fraction of sp³-hybridized carbons (Fsp3) is 0.750. The van der Waals surface area contributed by atoms with Crippen molar-refractivity contribution in [1.29, 1.82) is 0 Å². The van der Waals surface area contributed by atoms with Crippen LogP contribution < -0.4 is 0 Å². The smallest absolute Gasteiger partial charge is 0.305 e. The molecule has 216 valence electrons. The van der Waals surface area contributed by atoms with E-state index >= 15 is 0 Å². The molecule has 7 atom stereocenters. The third-order valence-corrected chi connectivity index (χ3v) is 11.1. The minimum atomic E-state index is -0.637. The van der Waals surface area contributed by atoms with Gasteiger partial charge in [0, 0.05) is 54.4 Å². The Morgan fingerprint density at radius 2 is 1.79 bits per heavy atom. The average Bonchev–Trinajstić information content (AvgIpc) is 3.33. The van der Waals surface area contributed by atoms with Crippen molar-refractivity contribution in [2.45, 2.75) is 111 Å². The average molecular weight is 543 g/mol. The van der Waals surface area contributed by atoms with Crippen LogP contribution in [0.4, 0.5) is 0 Å². The zero-order valence-corrected chi connectivity index (χ0v) is 24.9. The predicted molar refractivity (Wildman–Crippen MR) is 147 cm³/mol. The number of esters is 2. The molecule has 0 aromatic heterocycles. The van der Waals surface area contributed by atoms with E-state index in [2.05, 4.69) is 27.4 Å². The summed E-state index contributed by atoms with van der Waals surface area (Å²) in [6.45, 7) is 16.4. The number of carbonyl (C=O) groups is 4. The van der Waals surface area contributed by atoms with E-state index in [1.165, 1.54) is 14.0 Å². The van der Waals surface area contributed by atoms with Gasteiger partial charge in [-0.15, -0.1) is 0 Å². The Morgan fingerprint density at radius 1 is 1.10 bits per heavy atom. The highest BCUT2D eigenvalue weighted by molar-refractivity contribution is 6.00. The van der Waals surface area contributed by atoms with Crippen LogP contribution in [0.15, 0.2) is 23.3 Å². The number of Topliss-reactive ketones (excluding diaryl/α,β-unsaturated/α-hetero) is 2. The molecule has 1 heterocycles. The Balaban J connectivity index is 1.86. The molecule has 0 N–H and O–H groups in total. The molecule has 0 unspecified atom stereocenters. The molecular formula is C32H46O7. The summed E-state index contributed by atoms with van der Waals surface area (Å²) < 4.78 is 17.6. The third kappa shape index (κ3) is 4.53. The second-order valence-corrected chi connectivity index (χ2v) is 13.2. The number of methoxy groups -OCH3 is 1. The van der Waals surface area contributed by atoms with Gasteiger partial charge in [0.25, 0.3) is 0 Å². The zero-order chi connectivity index (χ0) is 29.0. The van der Waals surface area contributed by atoms with Gasteiger partial charge in [0.05, 0.1) is 19.3 Å². The van der Waals surface area contributed by atoms with Crippen LogP contribution in [0.5, 0.6) is 0 Å². The molecule has 7 heteroatoms. The number of allylic oxidation sites excluding steroid dienone is 2. The summed E-state index contributed by atoms with van der Waals surface area (Å²) >= 11 is 0. The van der Waals surface area contributed by atoms with Gasteiger partial charge in [-0.25, -0.2) is 0 Å². The van der Waals surface area contributed by atoms with Crippen molar-refractivity contribution >= 4 is 23.5 Å². The van der Waals surface area contributed by atoms with E-state index in [-0.39, 0.29) is 41.8 Å². The highest BCUT2D eigenvalue weighted by atomic mass is 16.5. The molecule has 1 aliphatic heterocycles. The molecule has 1 spiro atoms. The fourth-order valence-electron chi connectivity index (χ4n) is 8.99. The SMILES string of the molecule is C=C(C)[C@@H]1C[C@H](OC(C)=O)C2=C(C(=O)C[C@]34CO[C@@](C)(CCC(=O)CC)[C@H]3CC[C@@]24C)[C@@]1(C)CCC(=O)OC. The van der Waals surface area contributed by atoms with Crippen molar-refractivity contribution in [2.75, 3.05) is 13.7 Å². The van der Waals surface area contributed by atoms with E-state index < -0.39 is 27.9 Å². The van der Waals surface area contributed by atoms with Crippen molar-refractivity contribution in [3.05, 3.63) is 23.3 Å². The first kappa shape index (κ1) is 29.7. The summed E-state index contributed by atoms with van der Waals surface area (Å²) in [6.07, 6.45) is 4.35. The first-order valence-electron chi connectivity index (χ1n) is 14.5.